The van der Waals surface area contributed by atoms with Crippen LogP contribution in [0.3, 0.4) is 0 Å². The van der Waals surface area contributed by atoms with Gasteiger partial charge in [0.1, 0.15) is 10.6 Å². The number of ether oxygens (including phenoxy) is 2. The molecular formula is C25H39N3O5S. The number of hydrogen-bond donors (Lipinski definition) is 0. The van der Waals surface area contributed by atoms with Crippen LogP contribution in [-0.4, -0.2) is 94.1 Å². The van der Waals surface area contributed by atoms with Gasteiger partial charge in [-0.3, -0.25) is 9.69 Å². The lowest BCUT2D eigenvalue weighted by molar-refractivity contribution is 0.0332. The van der Waals surface area contributed by atoms with Crippen molar-refractivity contribution in [2.45, 2.75) is 56.4 Å². The highest BCUT2D eigenvalue weighted by Gasteiger charge is 2.34. The van der Waals surface area contributed by atoms with Crippen molar-refractivity contribution in [3.05, 3.63) is 23.8 Å². The molecule has 0 N–H and O–H groups in total. The number of carbonyl (C=O) groups excluding carboxylic acids is 1. The second kappa shape index (κ2) is 11.4. The van der Waals surface area contributed by atoms with Gasteiger partial charge in [0, 0.05) is 44.3 Å². The molecule has 1 aromatic rings. The molecule has 3 saturated heterocycles. The number of rotatable bonds is 7. The van der Waals surface area contributed by atoms with Gasteiger partial charge in [-0.25, -0.2) is 8.42 Å². The molecule has 0 saturated carbocycles. The van der Waals surface area contributed by atoms with E-state index in [1.807, 2.05) is 11.8 Å². The number of hydrogen-bond acceptors (Lipinski definition) is 6. The minimum atomic E-state index is -3.74. The number of methoxy groups -OCH3 is 1. The van der Waals surface area contributed by atoms with Crippen molar-refractivity contribution in [2.75, 3.05) is 59.6 Å². The largest absolute Gasteiger partial charge is 0.495 e. The Hall–Kier alpha value is -1.68. The van der Waals surface area contributed by atoms with E-state index in [0.29, 0.717) is 31.1 Å². The second-order valence-corrected chi connectivity index (χ2v) is 11.7. The van der Waals surface area contributed by atoms with Crippen molar-refractivity contribution in [2.24, 2.45) is 5.92 Å². The summed E-state index contributed by atoms with van der Waals surface area (Å²) < 4.78 is 39.3. The van der Waals surface area contributed by atoms with Crippen molar-refractivity contribution < 1.29 is 22.7 Å². The predicted octanol–water partition coefficient (Wildman–Crippen LogP) is 2.83. The van der Waals surface area contributed by atoms with Crippen LogP contribution in [0.25, 0.3) is 0 Å². The summed E-state index contributed by atoms with van der Waals surface area (Å²) in [6.07, 6.45) is 5.86. The van der Waals surface area contributed by atoms with E-state index in [0.717, 1.165) is 71.4 Å². The Bertz CT molecular complexity index is 940. The second-order valence-electron chi connectivity index (χ2n) is 9.80. The van der Waals surface area contributed by atoms with Crippen LogP contribution >= 0.6 is 0 Å². The summed E-state index contributed by atoms with van der Waals surface area (Å²) in [6, 6.07) is 4.76. The number of benzene rings is 1. The van der Waals surface area contributed by atoms with Crippen molar-refractivity contribution >= 4 is 15.9 Å². The van der Waals surface area contributed by atoms with E-state index < -0.39 is 10.0 Å². The van der Waals surface area contributed by atoms with Gasteiger partial charge in [0.15, 0.2) is 0 Å². The summed E-state index contributed by atoms with van der Waals surface area (Å²) in [7, 11) is -2.27. The molecule has 0 bridgehead atoms. The fraction of sp³-hybridized carbons (Fsp3) is 0.720. The van der Waals surface area contributed by atoms with E-state index in [9.17, 15) is 13.2 Å². The zero-order valence-electron chi connectivity index (χ0n) is 20.6. The molecule has 3 fully saturated rings. The van der Waals surface area contributed by atoms with E-state index in [1.165, 1.54) is 13.2 Å². The Morgan fingerprint density at radius 3 is 2.47 bits per heavy atom. The molecule has 0 spiro atoms. The van der Waals surface area contributed by atoms with E-state index in [1.54, 1.807) is 16.4 Å². The average Bonchev–Trinajstić information content (AvgIpc) is 2.87. The number of nitrogens with zero attached hydrogens (tertiary/aromatic N) is 3. The number of likely N-dealkylation sites (tertiary alicyclic amines) is 1. The predicted molar refractivity (Wildman–Crippen MR) is 131 cm³/mol. The first kappa shape index (κ1) is 25.4. The number of sulfonamides is 1. The highest BCUT2D eigenvalue weighted by molar-refractivity contribution is 7.89. The van der Waals surface area contributed by atoms with Gasteiger partial charge in [0.05, 0.1) is 20.3 Å². The maximum Gasteiger partial charge on any atom is 0.253 e. The molecule has 3 aliphatic rings. The summed E-state index contributed by atoms with van der Waals surface area (Å²) in [6.45, 7) is 8.63. The maximum atomic E-state index is 13.5. The Kier molecular flexibility index (Phi) is 8.50. The number of morpholine rings is 1. The van der Waals surface area contributed by atoms with Crippen LogP contribution in [0.15, 0.2) is 23.1 Å². The zero-order valence-corrected chi connectivity index (χ0v) is 21.4. The van der Waals surface area contributed by atoms with Crippen LogP contribution in [0.5, 0.6) is 5.75 Å². The van der Waals surface area contributed by atoms with Gasteiger partial charge in [0.25, 0.3) is 5.91 Å². The molecule has 1 atom stereocenters. The lowest BCUT2D eigenvalue weighted by atomic mass is 9.93. The minimum absolute atomic E-state index is 0.0562. The zero-order chi connectivity index (χ0) is 24.1. The summed E-state index contributed by atoms with van der Waals surface area (Å²) in [5, 5.41) is 0. The average molecular weight is 494 g/mol. The Morgan fingerprint density at radius 2 is 1.79 bits per heavy atom. The molecule has 34 heavy (non-hydrogen) atoms. The van der Waals surface area contributed by atoms with E-state index >= 15 is 0 Å². The first-order valence-electron chi connectivity index (χ1n) is 12.7. The van der Waals surface area contributed by atoms with Gasteiger partial charge < -0.3 is 14.4 Å². The molecule has 3 heterocycles. The van der Waals surface area contributed by atoms with Gasteiger partial charge in [-0.1, -0.05) is 6.42 Å². The molecule has 1 amide bonds. The van der Waals surface area contributed by atoms with Crippen LogP contribution < -0.4 is 4.74 Å². The monoisotopic (exact) mass is 493 g/mol. The highest BCUT2D eigenvalue weighted by atomic mass is 32.2. The van der Waals surface area contributed by atoms with Crippen LogP contribution in [0.4, 0.5) is 0 Å². The number of amides is 1. The SMILES string of the molecule is COc1ccc(C(=O)N2CCC(CCN3CCOCC3)CC2)cc1S(=O)(=O)N1CCCCC1C. The summed E-state index contributed by atoms with van der Waals surface area (Å²) in [5.41, 5.74) is 0.413. The smallest absolute Gasteiger partial charge is 0.253 e. The standard InChI is InChI=1S/C25H39N3O5S/c1-20-5-3-4-11-28(20)34(30,31)24-19-22(6-7-23(24)32-2)25(29)27-13-9-21(10-14-27)8-12-26-15-17-33-18-16-26/h6-7,19-21H,3-5,8-18H2,1-2H3. The summed E-state index contributed by atoms with van der Waals surface area (Å²) in [5.74, 6) is 0.813. The third-order valence-electron chi connectivity index (χ3n) is 7.60. The molecule has 0 aromatic heterocycles. The van der Waals surface area contributed by atoms with Crippen molar-refractivity contribution in [1.29, 1.82) is 0 Å². The van der Waals surface area contributed by atoms with Crippen LogP contribution in [0.2, 0.25) is 0 Å². The Labute approximate surface area is 204 Å². The van der Waals surface area contributed by atoms with Crippen LogP contribution in [0.1, 0.15) is 55.8 Å². The lowest BCUT2D eigenvalue weighted by Crippen LogP contribution is -2.42. The van der Waals surface area contributed by atoms with Crippen LogP contribution in [-0.2, 0) is 14.8 Å². The van der Waals surface area contributed by atoms with Crippen molar-refractivity contribution in [3.8, 4) is 5.75 Å². The third-order valence-corrected chi connectivity index (χ3v) is 9.63. The van der Waals surface area contributed by atoms with E-state index in [4.69, 9.17) is 9.47 Å². The highest BCUT2D eigenvalue weighted by Crippen LogP contribution is 2.32. The first-order valence-corrected chi connectivity index (χ1v) is 14.1. The molecule has 190 valence electrons. The quantitative estimate of drug-likeness (QED) is 0.581. The normalized spacial score (nSPS) is 23.7. The minimum Gasteiger partial charge on any atom is -0.495 e. The number of carbonyl (C=O) groups is 1. The van der Waals surface area contributed by atoms with E-state index in [-0.39, 0.29) is 22.6 Å². The maximum absolute atomic E-state index is 13.5. The topological polar surface area (TPSA) is 79.4 Å². The Balaban J connectivity index is 1.40. The Morgan fingerprint density at radius 1 is 1.06 bits per heavy atom. The van der Waals surface area contributed by atoms with E-state index in [2.05, 4.69) is 4.90 Å². The van der Waals surface area contributed by atoms with Crippen LogP contribution in [0, 0.1) is 5.92 Å². The summed E-state index contributed by atoms with van der Waals surface area (Å²) in [4.78, 5) is 17.7. The molecule has 4 rings (SSSR count). The van der Waals surface area contributed by atoms with Crippen molar-refractivity contribution in [3.63, 3.8) is 0 Å². The molecular weight excluding hydrogens is 454 g/mol. The van der Waals surface area contributed by atoms with Gasteiger partial charge in [0.2, 0.25) is 10.0 Å². The third kappa shape index (κ3) is 5.75. The van der Waals surface area contributed by atoms with Gasteiger partial charge >= 0.3 is 0 Å². The van der Waals surface area contributed by atoms with Gasteiger partial charge in [-0.15, -0.1) is 0 Å². The summed E-state index contributed by atoms with van der Waals surface area (Å²) >= 11 is 0. The molecule has 9 heteroatoms. The number of piperidine rings is 2. The van der Waals surface area contributed by atoms with Crippen molar-refractivity contribution in [1.82, 2.24) is 14.1 Å². The molecule has 3 aliphatic heterocycles. The first-order chi connectivity index (χ1) is 16.4. The lowest BCUT2D eigenvalue weighted by Gasteiger charge is -2.34. The van der Waals surface area contributed by atoms with Gasteiger partial charge in [-0.05, 0) is 69.7 Å². The molecule has 1 aromatic carbocycles. The fourth-order valence-electron chi connectivity index (χ4n) is 5.36. The molecule has 1 unspecified atom stereocenters. The fourth-order valence-corrected chi connectivity index (χ4v) is 7.25. The molecule has 0 radical (unpaired) electrons. The van der Waals surface area contributed by atoms with Gasteiger partial charge in [-0.2, -0.15) is 4.31 Å². The molecule has 0 aliphatic carbocycles. The molecule has 8 nitrogen and oxygen atoms in total.